The SMILES string of the molecule is CCNCc1ccc(COCC2CC2)nc1. The molecule has 0 unspecified atom stereocenters. The quantitative estimate of drug-likeness (QED) is 0.764. The normalized spacial score (nSPS) is 15.3. The van der Waals surface area contributed by atoms with Crippen molar-refractivity contribution in [3.8, 4) is 0 Å². The largest absolute Gasteiger partial charge is 0.375 e. The third-order valence-electron chi connectivity index (χ3n) is 2.77. The van der Waals surface area contributed by atoms with Crippen molar-refractivity contribution in [1.29, 1.82) is 0 Å². The van der Waals surface area contributed by atoms with Gasteiger partial charge in [-0.3, -0.25) is 4.98 Å². The number of aromatic nitrogens is 1. The van der Waals surface area contributed by atoms with Crippen molar-refractivity contribution in [3.63, 3.8) is 0 Å². The Balaban J connectivity index is 1.72. The van der Waals surface area contributed by atoms with Crippen LogP contribution in [0.4, 0.5) is 0 Å². The molecule has 0 aliphatic heterocycles. The Kier molecular flexibility index (Phi) is 4.31. The number of hydrogen-bond acceptors (Lipinski definition) is 3. The summed E-state index contributed by atoms with van der Waals surface area (Å²) < 4.78 is 5.59. The molecule has 0 bridgehead atoms. The van der Waals surface area contributed by atoms with Gasteiger partial charge in [0.25, 0.3) is 0 Å². The Hall–Kier alpha value is -0.930. The van der Waals surface area contributed by atoms with E-state index in [0.717, 1.165) is 31.3 Å². The molecule has 2 rings (SSSR count). The molecule has 1 aromatic heterocycles. The maximum atomic E-state index is 5.59. The molecular weight excluding hydrogens is 200 g/mol. The van der Waals surface area contributed by atoms with E-state index in [1.165, 1.54) is 18.4 Å². The van der Waals surface area contributed by atoms with Gasteiger partial charge >= 0.3 is 0 Å². The second kappa shape index (κ2) is 5.97. The number of pyridine rings is 1. The molecule has 0 amide bonds. The van der Waals surface area contributed by atoms with Crippen molar-refractivity contribution >= 4 is 0 Å². The van der Waals surface area contributed by atoms with Crippen molar-refractivity contribution in [2.24, 2.45) is 5.92 Å². The molecule has 88 valence electrons. The topological polar surface area (TPSA) is 34.1 Å². The predicted molar refractivity (Wildman–Crippen MR) is 64.0 cm³/mol. The highest BCUT2D eigenvalue weighted by Crippen LogP contribution is 2.28. The molecule has 1 aliphatic rings. The van der Waals surface area contributed by atoms with Gasteiger partial charge in [-0.25, -0.2) is 0 Å². The summed E-state index contributed by atoms with van der Waals surface area (Å²) in [5.41, 5.74) is 2.26. The summed E-state index contributed by atoms with van der Waals surface area (Å²) in [7, 11) is 0. The third kappa shape index (κ3) is 3.91. The molecule has 16 heavy (non-hydrogen) atoms. The van der Waals surface area contributed by atoms with Crippen LogP contribution in [0.5, 0.6) is 0 Å². The van der Waals surface area contributed by atoms with Crippen LogP contribution in [0.15, 0.2) is 18.3 Å². The van der Waals surface area contributed by atoms with E-state index in [0.29, 0.717) is 6.61 Å². The highest BCUT2D eigenvalue weighted by Gasteiger charge is 2.20. The number of hydrogen-bond donors (Lipinski definition) is 1. The fourth-order valence-electron chi connectivity index (χ4n) is 1.53. The number of nitrogens with one attached hydrogen (secondary N) is 1. The predicted octanol–water partition coefficient (Wildman–Crippen LogP) is 2.12. The van der Waals surface area contributed by atoms with Gasteiger partial charge in [-0.2, -0.15) is 0 Å². The summed E-state index contributed by atoms with van der Waals surface area (Å²) in [6.07, 6.45) is 4.61. The van der Waals surface area contributed by atoms with Gasteiger partial charge < -0.3 is 10.1 Å². The van der Waals surface area contributed by atoms with E-state index < -0.39 is 0 Å². The highest BCUT2D eigenvalue weighted by molar-refractivity contribution is 5.13. The van der Waals surface area contributed by atoms with Crippen LogP contribution in [0.25, 0.3) is 0 Å². The Morgan fingerprint density at radius 3 is 2.94 bits per heavy atom. The van der Waals surface area contributed by atoms with Crippen LogP contribution in [0.3, 0.4) is 0 Å². The first-order chi connectivity index (χ1) is 7.88. The molecule has 1 heterocycles. The lowest BCUT2D eigenvalue weighted by molar-refractivity contribution is 0.109. The zero-order valence-electron chi connectivity index (χ0n) is 9.91. The van der Waals surface area contributed by atoms with Gasteiger partial charge in [0, 0.05) is 19.3 Å². The maximum Gasteiger partial charge on any atom is 0.0887 e. The molecule has 1 aliphatic carbocycles. The zero-order chi connectivity index (χ0) is 11.2. The van der Waals surface area contributed by atoms with Gasteiger partial charge in [0.1, 0.15) is 0 Å². The second-order valence-corrected chi connectivity index (χ2v) is 4.40. The number of ether oxygens (including phenoxy) is 1. The molecule has 1 N–H and O–H groups in total. The Morgan fingerprint density at radius 2 is 2.31 bits per heavy atom. The van der Waals surface area contributed by atoms with Gasteiger partial charge in [-0.15, -0.1) is 0 Å². The lowest BCUT2D eigenvalue weighted by atomic mass is 10.2. The molecule has 3 nitrogen and oxygen atoms in total. The Bertz CT molecular complexity index is 306. The average molecular weight is 220 g/mol. The van der Waals surface area contributed by atoms with Crippen molar-refractivity contribution in [2.45, 2.75) is 32.9 Å². The van der Waals surface area contributed by atoms with Crippen molar-refractivity contribution in [3.05, 3.63) is 29.6 Å². The molecule has 1 fully saturated rings. The minimum Gasteiger partial charge on any atom is -0.375 e. The average Bonchev–Trinajstić information content (AvgIpc) is 3.12. The highest BCUT2D eigenvalue weighted by atomic mass is 16.5. The van der Waals surface area contributed by atoms with Crippen LogP contribution in [-0.2, 0) is 17.9 Å². The summed E-state index contributed by atoms with van der Waals surface area (Å²) >= 11 is 0. The first-order valence-electron chi connectivity index (χ1n) is 6.10. The van der Waals surface area contributed by atoms with E-state index in [1.54, 1.807) is 0 Å². The first kappa shape index (κ1) is 11.6. The molecule has 0 aromatic carbocycles. The standard InChI is InChI=1S/C13H20N2O/c1-2-14-7-12-5-6-13(15-8-12)10-16-9-11-3-4-11/h5-6,8,11,14H,2-4,7,9-10H2,1H3. The van der Waals surface area contributed by atoms with Crippen LogP contribution >= 0.6 is 0 Å². The van der Waals surface area contributed by atoms with Crippen molar-refractivity contribution in [1.82, 2.24) is 10.3 Å². The van der Waals surface area contributed by atoms with Crippen molar-refractivity contribution < 1.29 is 4.74 Å². The fourth-order valence-corrected chi connectivity index (χ4v) is 1.53. The lowest BCUT2D eigenvalue weighted by Crippen LogP contribution is -2.12. The summed E-state index contributed by atoms with van der Waals surface area (Å²) in [5, 5.41) is 3.28. The van der Waals surface area contributed by atoms with Gasteiger partial charge in [-0.05, 0) is 36.9 Å². The van der Waals surface area contributed by atoms with Crippen LogP contribution in [0.2, 0.25) is 0 Å². The van der Waals surface area contributed by atoms with Crippen molar-refractivity contribution in [2.75, 3.05) is 13.2 Å². The fraction of sp³-hybridized carbons (Fsp3) is 0.615. The third-order valence-corrected chi connectivity index (χ3v) is 2.77. The summed E-state index contributed by atoms with van der Waals surface area (Å²) in [5.74, 6) is 0.827. The first-order valence-corrected chi connectivity index (χ1v) is 6.10. The van der Waals surface area contributed by atoms with E-state index in [-0.39, 0.29) is 0 Å². The second-order valence-electron chi connectivity index (χ2n) is 4.40. The summed E-state index contributed by atoms with van der Waals surface area (Å²) in [6, 6.07) is 4.17. The Labute approximate surface area is 97.2 Å². The molecule has 0 saturated heterocycles. The number of rotatable bonds is 7. The summed E-state index contributed by atoms with van der Waals surface area (Å²) in [6.45, 7) is 5.55. The molecule has 1 saturated carbocycles. The van der Waals surface area contributed by atoms with E-state index in [2.05, 4.69) is 29.4 Å². The lowest BCUT2D eigenvalue weighted by Gasteiger charge is -2.04. The zero-order valence-corrected chi connectivity index (χ0v) is 9.91. The molecule has 0 spiro atoms. The van der Waals surface area contributed by atoms with Gasteiger partial charge in [-0.1, -0.05) is 13.0 Å². The number of nitrogens with zero attached hydrogens (tertiary/aromatic N) is 1. The van der Waals surface area contributed by atoms with Gasteiger partial charge in [0.15, 0.2) is 0 Å². The van der Waals surface area contributed by atoms with E-state index in [1.807, 2.05) is 6.20 Å². The summed E-state index contributed by atoms with van der Waals surface area (Å²) in [4.78, 5) is 4.38. The molecular formula is C13H20N2O. The van der Waals surface area contributed by atoms with E-state index >= 15 is 0 Å². The molecule has 3 heteroatoms. The van der Waals surface area contributed by atoms with Crippen LogP contribution < -0.4 is 5.32 Å². The maximum absolute atomic E-state index is 5.59. The van der Waals surface area contributed by atoms with Crippen LogP contribution in [0.1, 0.15) is 31.0 Å². The van der Waals surface area contributed by atoms with Gasteiger partial charge in [0.05, 0.1) is 12.3 Å². The van der Waals surface area contributed by atoms with Gasteiger partial charge in [0.2, 0.25) is 0 Å². The smallest absolute Gasteiger partial charge is 0.0887 e. The van der Waals surface area contributed by atoms with E-state index in [4.69, 9.17) is 4.74 Å². The minimum absolute atomic E-state index is 0.651. The van der Waals surface area contributed by atoms with Crippen LogP contribution in [-0.4, -0.2) is 18.1 Å². The van der Waals surface area contributed by atoms with Crippen LogP contribution in [0, 0.1) is 5.92 Å². The monoisotopic (exact) mass is 220 g/mol. The Morgan fingerprint density at radius 1 is 1.44 bits per heavy atom. The molecule has 0 radical (unpaired) electrons. The van der Waals surface area contributed by atoms with E-state index in [9.17, 15) is 0 Å². The minimum atomic E-state index is 0.651. The molecule has 1 aromatic rings. The molecule has 0 atom stereocenters.